The minimum Gasteiger partial charge on any atom is -0.494 e. The van der Waals surface area contributed by atoms with Gasteiger partial charge >= 0.3 is 0 Å². The highest BCUT2D eigenvalue weighted by Gasteiger charge is 2.15. The molecule has 1 fully saturated rings. The number of aromatic nitrogens is 3. The second-order valence-electron chi connectivity index (χ2n) is 9.27. The summed E-state index contributed by atoms with van der Waals surface area (Å²) in [5.41, 5.74) is 13.8. The summed E-state index contributed by atoms with van der Waals surface area (Å²) in [6, 6.07) is 18.1. The fourth-order valence-corrected chi connectivity index (χ4v) is 4.94. The second kappa shape index (κ2) is 9.67. The van der Waals surface area contributed by atoms with Gasteiger partial charge in [0.25, 0.3) is 0 Å². The predicted octanol–water partition coefficient (Wildman–Crippen LogP) is 6.59. The lowest BCUT2D eigenvalue weighted by Crippen LogP contribution is -2.04. The van der Waals surface area contributed by atoms with Gasteiger partial charge in [0.2, 0.25) is 5.95 Å². The third-order valence-electron chi connectivity index (χ3n) is 6.74. The van der Waals surface area contributed by atoms with E-state index in [-0.39, 0.29) is 0 Å². The third-order valence-corrected chi connectivity index (χ3v) is 6.74. The Hall–Kier alpha value is -3.67. The number of fused-ring (bicyclic) bond motifs is 1. The van der Waals surface area contributed by atoms with Crippen molar-refractivity contribution >= 4 is 28.4 Å². The van der Waals surface area contributed by atoms with Gasteiger partial charge in [-0.25, -0.2) is 4.98 Å². The Bertz CT molecular complexity index is 1280. The van der Waals surface area contributed by atoms with Crippen LogP contribution >= 0.6 is 0 Å². The van der Waals surface area contributed by atoms with Crippen molar-refractivity contribution in [3.05, 3.63) is 65.7 Å². The summed E-state index contributed by atoms with van der Waals surface area (Å²) in [6.45, 7) is 4.98. The normalized spacial score (nSPS) is 13.9. The van der Waals surface area contributed by atoms with Crippen molar-refractivity contribution in [3.63, 3.8) is 0 Å². The van der Waals surface area contributed by atoms with Crippen LogP contribution in [0.5, 0.6) is 5.75 Å². The first-order chi connectivity index (χ1) is 16.6. The molecule has 0 aliphatic heterocycles. The van der Waals surface area contributed by atoms with E-state index in [4.69, 9.17) is 10.5 Å². The lowest BCUT2D eigenvalue weighted by atomic mass is 9.95. The summed E-state index contributed by atoms with van der Waals surface area (Å²) in [7, 11) is 0. The molecule has 0 amide bonds. The third kappa shape index (κ3) is 4.81. The molecule has 0 bridgehead atoms. The summed E-state index contributed by atoms with van der Waals surface area (Å²) in [4.78, 5) is 4.62. The van der Waals surface area contributed by atoms with Gasteiger partial charge in [-0.05, 0) is 84.8 Å². The Labute approximate surface area is 200 Å². The van der Waals surface area contributed by atoms with Gasteiger partial charge in [-0.1, -0.05) is 43.9 Å². The molecule has 0 radical (unpaired) electrons. The zero-order valence-electron chi connectivity index (χ0n) is 19.8. The number of nitrogens with two attached hydrogens (primary N) is 1. The predicted molar refractivity (Wildman–Crippen MR) is 138 cm³/mol. The van der Waals surface area contributed by atoms with E-state index in [0.29, 0.717) is 22.7 Å². The maximum atomic E-state index is 6.39. The molecule has 6 heteroatoms. The topological polar surface area (TPSA) is 86.0 Å². The number of aryl methyl sites for hydroxylation is 2. The fraction of sp³-hybridized carbons (Fsp3) is 0.321. The van der Waals surface area contributed by atoms with Crippen LogP contribution in [0, 0.1) is 19.8 Å². The molecule has 0 unspecified atom stereocenters. The van der Waals surface area contributed by atoms with E-state index in [0.717, 1.165) is 35.9 Å². The smallest absolute Gasteiger partial charge is 0.247 e. The van der Waals surface area contributed by atoms with E-state index in [1.807, 2.05) is 36.4 Å². The summed E-state index contributed by atoms with van der Waals surface area (Å²) in [5.74, 6) is 2.13. The van der Waals surface area contributed by atoms with Crippen LogP contribution in [0.4, 0.5) is 17.3 Å². The summed E-state index contributed by atoms with van der Waals surface area (Å²) in [6.07, 6.45) is 6.59. The average Bonchev–Trinajstić information content (AvgIpc) is 3.34. The molecule has 1 aliphatic carbocycles. The number of ether oxygens (including phenoxy) is 1. The SMILES string of the molecule is Cc1cccc(C)c1-c1cc(N)c2nc(Nc3ccc(OCCC4CCCC4)cc3)nnc2c1. The monoisotopic (exact) mass is 453 g/mol. The Morgan fingerprint density at radius 1 is 0.971 bits per heavy atom. The first-order valence-electron chi connectivity index (χ1n) is 12.1. The van der Waals surface area contributed by atoms with Gasteiger partial charge < -0.3 is 15.8 Å². The maximum Gasteiger partial charge on any atom is 0.247 e. The largest absolute Gasteiger partial charge is 0.494 e. The zero-order valence-corrected chi connectivity index (χ0v) is 19.8. The van der Waals surface area contributed by atoms with Crippen LogP contribution in [0.25, 0.3) is 22.2 Å². The molecule has 1 aliphatic rings. The molecule has 3 N–H and O–H groups in total. The molecule has 34 heavy (non-hydrogen) atoms. The Balaban J connectivity index is 1.29. The van der Waals surface area contributed by atoms with Gasteiger partial charge in [-0.3, -0.25) is 0 Å². The van der Waals surface area contributed by atoms with Gasteiger partial charge in [0, 0.05) is 5.69 Å². The molecule has 0 saturated heterocycles. The van der Waals surface area contributed by atoms with Crippen LogP contribution < -0.4 is 15.8 Å². The van der Waals surface area contributed by atoms with Crippen LogP contribution in [-0.4, -0.2) is 21.8 Å². The Morgan fingerprint density at radius 3 is 2.44 bits per heavy atom. The van der Waals surface area contributed by atoms with Crippen molar-refractivity contribution < 1.29 is 4.74 Å². The molecular formula is C28H31N5O. The molecule has 5 rings (SSSR count). The van der Waals surface area contributed by atoms with E-state index in [9.17, 15) is 0 Å². The Kier molecular flexibility index (Phi) is 6.30. The zero-order chi connectivity index (χ0) is 23.5. The van der Waals surface area contributed by atoms with Crippen LogP contribution in [0.3, 0.4) is 0 Å². The van der Waals surface area contributed by atoms with Crippen molar-refractivity contribution in [2.45, 2.75) is 46.0 Å². The first-order valence-corrected chi connectivity index (χ1v) is 12.1. The van der Waals surface area contributed by atoms with Crippen molar-refractivity contribution in [2.75, 3.05) is 17.7 Å². The molecule has 0 atom stereocenters. The highest BCUT2D eigenvalue weighted by atomic mass is 16.5. The fourth-order valence-electron chi connectivity index (χ4n) is 4.94. The van der Waals surface area contributed by atoms with E-state index >= 15 is 0 Å². The number of nitrogens with one attached hydrogen (secondary N) is 1. The molecule has 6 nitrogen and oxygen atoms in total. The quantitative estimate of drug-likeness (QED) is 0.307. The molecular weight excluding hydrogens is 422 g/mol. The summed E-state index contributed by atoms with van der Waals surface area (Å²) in [5, 5.41) is 11.9. The lowest BCUT2D eigenvalue weighted by Gasteiger charge is -2.13. The van der Waals surface area contributed by atoms with Gasteiger partial charge in [0.05, 0.1) is 12.3 Å². The highest BCUT2D eigenvalue weighted by Crippen LogP contribution is 2.32. The lowest BCUT2D eigenvalue weighted by molar-refractivity contribution is 0.279. The standard InChI is InChI=1S/C28H31N5O/c1-18-6-5-7-19(2)26(18)21-16-24(29)27-25(17-21)32-33-28(31-27)30-22-10-12-23(13-11-22)34-15-14-20-8-3-4-9-20/h5-7,10-13,16-17,20H,3-4,8-9,14-15,29H2,1-2H3,(H,30,31,33). The average molecular weight is 454 g/mol. The van der Waals surface area contributed by atoms with Gasteiger partial charge in [0.15, 0.2) is 0 Å². The molecule has 4 aromatic rings. The number of rotatable bonds is 7. The van der Waals surface area contributed by atoms with Gasteiger partial charge in [-0.15, -0.1) is 10.2 Å². The first kappa shape index (κ1) is 22.1. The number of anilines is 3. The molecule has 0 spiro atoms. The number of benzene rings is 3. The summed E-state index contributed by atoms with van der Waals surface area (Å²) >= 11 is 0. The van der Waals surface area contributed by atoms with Crippen molar-refractivity contribution in [2.24, 2.45) is 5.92 Å². The van der Waals surface area contributed by atoms with E-state index < -0.39 is 0 Å². The van der Waals surface area contributed by atoms with Crippen LogP contribution in [0.15, 0.2) is 54.6 Å². The molecule has 1 aromatic heterocycles. The number of nitrogens with zero attached hydrogens (tertiary/aromatic N) is 3. The van der Waals surface area contributed by atoms with Crippen LogP contribution in [0.1, 0.15) is 43.2 Å². The van der Waals surface area contributed by atoms with E-state index in [1.54, 1.807) is 0 Å². The highest BCUT2D eigenvalue weighted by molar-refractivity contribution is 5.92. The molecule has 1 saturated carbocycles. The van der Waals surface area contributed by atoms with E-state index in [1.165, 1.54) is 42.4 Å². The number of hydrogen-bond donors (Lipinski definition) is 2. The van der Waals surface area contributed by atoms with Crippen molar-refractivity contribution in [1.82, 2.24) is 15.2 Å². The number of nitrogen functional groups attached to an aromatic ring is 1. The van der Waals surface area contributed by atoms with Crippen molar-refractivity contribution in [1.29, 1.82) is 0 Å². The molecule has 174 valence electrons. The Morgan fingerprint density at radius 2 is 1.71 bits per heavy atom. The summed E-state index contributed by atoms with van der Waals surface area (Å²) < 4.78 is 5.92. The minimum atomic E-state index is 0.411. The minimum absolute atomic E-state index is 0.411. The van der Waals surface area contributed by atoms with Crippen LogP contribution in [-0.2, 0) is 0 Å². The second-order valence-corrected chi connectivity index (χ2v) is 9.27. The van der Waals surface area contributed by atoms with Gasteiger partial charge in [-0.2, -0.15) is 0 Å². The maximum absolute atomic E-state index is 6.39. The van der Waals surface area contributed by atoms with E-state index in [2.05, 4.69) is 52.5 Å². The molecule has 3 aromatic carbocycles. The number of hydrogen-bond acceptors (Lipinski definition) is 6. The van der Waals surface area contributed by atoms with Crippen LogP contribution in [0.2, 0.25) is 0 Å². The molecule has 1 heterocycles. The van der Waals surface area contributed by atoms with Gasteiger partial charge in [0.1, 0.15) is 16.8 Å². The van der Waals surface area contributed by atoms with Crippen molar-refractivity contribution in [3.8, 4) is 16.9 Å².